The normalized spacial score (nSPS) is 10.2. The van der Waals surface area contributed by atoms with Crippen molar-refractivity contribution in [3.05, 3.63) is 160 Å². The highest BCUT2D eigenvalue weighted by molar-refractivity contribution is 9.10. The molecule has 2 N–H and O–H groups in total. The van der Waals surface area contributed by atoms with Gasteiger partial charge in [0.25, 0.3) is 0 Å². The Balaban J connectivity index is 0.000000160. The molecule has 0 saturated heterocycles. The molecule has 0 bridgehead atoms. The Morgan fingerprint density at radius 2 is 0.955 bits per heavy atom. The lowest BCUT2D eigenvalue weighted by Crippen LogP contribution is -2.30. The summed E-state index contributed by atoms with van der Waals surface area (Å²) in [4.78, 5) is 8.69. The summed E-state index contributed by atoms with van der Waals surface area (Å²) < 4.78 is 1.08. The van der Waals surface area contributed by atoms with Crippen LogP contribution >= 0.6 is 15.9 Å². The van der Waals surface area contributed by atoms with Gasteiger partial charge in [0, 0.05) is 28.0 Å². The number of aromatic nitrogens is 2. The third kappa shape index (κ3) is 9.85. The summed E-state index contributed by atoms with van der Waals surface area (Å²) in [5, 5.41) is 17.7. The zero-order chi connectivity index (χ0) is 31.5. The van der Waals surface area contributed by atoms with E-state index in [0.29, 0.717) is 5.46 Å². The van der Waals surface area contributed by atoms with E-state index in [1.807, 2.05) is 80.7 Å². The number of rotatable bonds is 4. The van der Waals surface area contributed by atoms with Gasteiger partial charge in [0.15, 0.2) is 0 Å². The lowest BCUT2D eigenvalue weighted by atomic mass is 9.79. The highest BCUT2D eigenvalue weighted by atomic mass is 79.9. The van der Waals surface area contributed by atoms with E-state index in [-0.39, 0.29) is 0 Å². The van der Waals surface area contributed by atoms with Crippen LogP contribution in [-0.4, -0.2) is 27.1 Å². The Morgan fingerprint density at radius 1 is 0.477 bits per heavy atom. The maximum Gasteiger partial charge on any atom is 0.488 e. The van der Waals surface area contributed by atoms with Crippen molar-refractivity contribution in [1.29, 1.82) is 0 Å². The number of benzene rings is 4. The molecule has 2 aromatic heterocycles. The maximum absolute atomic E-state index is 8.83. The van der Waals surface area contributed by atoms with Crippen LogP contribution in [0.3, 0.4) is 0 Å². The number of hydrogen-bond acceptors (Lipinski definition) is 4. The van der Waals surface area contributed by atoms with Crippen molar-refractivity contribution in [2.75, 3.05) is 0 Å². The van der Waals surface area contributed by atoms with Gasteiger partial charge in [0.1, 0.15) is 0 Å². The van der Waals surface area contributed by atoms with Crippen molar-refractivity contribution in [1.82, 2.24) is 9.97 Å². The van der Waals surface area contributed by atoms with Crippen LogP contribution < -0.4 is 5.46 Å². The van der Waals surface area contributed by atoms with Crippen molar-refractivity contribution in [3.63, 3.8) is 0 Å². The minimum Gasteiger partial charge on any atom is -0.423 e. The smallest absolute Gasteiger partial charge is 0.423 e. The first kappa shape index (κ1) is 32.6. The highest BCUT2D eigenvalue weighted by Gasteiger charge is 2.10. The number of aryl methyl sites for hydroxylation is 4. The molecule has 0 aliphatic carbocycles. The summed E-state index contributed by atoms with van der Waals surface area (Å²) in [6, 6.07) is 40.8. The summed E-state index contributed by atoms with van der Waals surface area (Å²) >= 11 is 3.43. The molecule has 4 nitrogen and oxygen atoms in total. The van der Waals surface area contributed by atoms with Gasteiger partial charge in [-0.05, 0) is 86.7 Å². The zero-order valence-electron chi connectivity index (χ0n) is 25.4. The summed E-state index contributed by atoms with van der Waals surface area (Å²) in [6.45, 7) is 8.13. The first-order valence-corrected chi connectivity index (χ1v) is 15.2. The third-order valence-electron chi connectivity index (χ3n) is 6.71. The van der Waals surface area contributed by atoms with Gasteiger partial charge in [0.2, 0.25) is 0 Å². The Hall–Kier alpha value is -4.36. The minimum atomic E-state index is -1.35. The van der Waals surface area contributed by atoms with E-state index in [4.69, 9.17) is 10.0 Å². The van der Waals surface area contributed by atoms with Gasteiger partial charge in [-0.3, -0.25) is 9.97 Å². The van der Waals surface area contributed by atoms with Gasteiger partial charge >= 0.3 is 7.12 Å². The molecule has 2 heterocycles. The van der Waals surface area contributed by atoms with E-state index in [9.17, 15) is 0 Å². The Labute approximate surface area is 269 Å². The Morgan fingerprint density at radius 3 is 1.43 bits per heavy atom. The predicted molar refractivity (Wildman–Crippen MR) is 188 cm³/mol. The first-order valence-electron chi connectivity index (χ1n) is 14.4. The average molecular weight is 643 g/mol. The summed E-state index contributed by atoms with van der Waals surface area (Å²) in [7, 11) is -1.35. The van der Waals surface area contributed by atoms with Crippen molar-refractivity contribution < 1.29 is 10.0 Å². The van der Waals surface area contributed by atoms with E-state index >= 15 is 0 Å². The molecule has 6 rings (SSSR count). The lowest BCUT2D eigenvalue weighted by Gasteiger charge is -2.07. The van der Waals surface area contributed by atoms with Gasteiger partial charge in [-0.15, -0.1) is 0 Å². The van der Waals surface area contributed by atoms with Crippen LogP contribution in [0.25, 0.3) is 33.6 Å². The van der Waals surface area contributed by atoms with Crippen molar-refractivity contribution >= 4 is 28.5 Å². The molecule has 6 aromatic rings. The van der Waals surface area contributed by atoms with E-state index in [1.54, 1.807) is 18.3 Å². The van der Waals surface area contributed by atoms with Gasteiger partial charge in [-0.1, -0.05) is 117 Å². The van der Waals surface area contributed by atoms with Crippen LogP contribution in [0.1, 0.15) is 22.3 Å². The number of nitrogens with zero attached hydrogens (tertiary/aromatic N) is 2. The van der Waals surface area contributed by atoms with Gasteiger partial charge in [-0.2, -0.15) is 0 Å². The predicted octanol–water partition coefficient (Wildman–Crippen LogP) is 8.53. The van der Waals surface area contributed by atoms with Gasteiger partial charge in [-0.25, -0.2) is 0 Å². The van der Waals surface area contributed by atoms with Gasteiger partial charge in [0.05, 0.1) is 11.4 Å². The largest absolute Gasteiger partial charge is 0.488 e. The molecule has 0 spiro atoms. The van der Waals surface area contributed by atoms with Gasteiger partial charge < -0.3 is 10.0 Å². The van der Waals surface area contributed by atoms with E-state index < -0.39 is 7.12 Å². The number of hydrogen-bond donors (Lipinski definition) is 2. The fourth-order valence-corrected chi connectivity index (χ4v) is 5.27. The molecule has 0 radical (unpaired) electrons. The van der Waals surface area contributed by atoms with Crippen LogP contribution in [0.2, 0.25) is 0 Å². The van der Waals surface area contributed by atoms with E-state index in [0.717, 1.165) is 38.1 Å². The van der Waals surface area contributed by atoms with Crippen LogP contribution in [0.4, 0.5) is 0 Å². The molecule has 0 aliphatic rings. The number of halogens is 1. The second-order valence-corrected chi connectivity index (χ2v) is 11.6. The van der Waals surface area contributed by atoms with Crippen LogP contribution in [-0.2, 0) is 0 Å². The van der Waals surface area contributed by atoms with E-state index in [1.165, 1.54) is 22.3 Å². The fourth-order valence-electron chi connectivity index (χ4n) is 4.87. The molecule has 0 fully saturated rings. The topological polar surface area (TPSA) is 66.2 Å². The van der Waals surface area contributed by atoms with Crippen molar-refractivity contribution in [2.24, 2.45) is 0 Å². The monoisotopic (exact) mass is 642 g/mol. The van der Waals surface area contributed by atoms with Crippen LogP contribution in [0, 0.1) is 27.7 Å². The Bertz CT molecular complexity index is 1750. The SMILES string of the molecule is Brc1cccc(-c2ccccn2)c1.Cc1cc(C)cc(-c2cccc(-c3ccccn3)c2)c1.Cc1cc(C)cc(B(O)O)c1. The third-order valence-corrected chi connectivity index (χ3v) is 7.20. The molecule has 0 unspecified atom stereocenters. The molecule has 6 heteroatoms. The summed E-state index contributed by atoms with van der Waals surface area (Å²) in [6.07, 6.45) is 3.63. The van der Waals surface area contributed by atoms with Crippen LogP contribution in [0.15, 0.2) is 138 Å². The lowest BCUT2D eigenvalue weighted by molar-refractivity contribution is 0.425. The molecule has 4 aromatic carbocycles. The second kappa shape index (κ2) is 15.9. The molecule has 220 valence electrons. The molecule has 0 aliphatic heterocycles. The fraction of sp³-hybridized carbons (Fsp3) is 0.105. The standard InChI is InChI=1S/C19H17N.C11H8BrN.C8H11BO2/c1-14-10-15(2)12-18(11-14)16-6-5-7-17(13-16)19-8-3-4-9-20-19;12-10-5-3-4-9(8-10)11-6-1-2-7-13-11;1-6-3-7(2)5-8(4-6)9(10)11/h3-13H,1-2H3;1-8H;3-5,10-11H,1-2H3. The second-order valence-electron chi connectivity index (χ2n) is 10.7. The minimum absolute atomic E-state index is 0.558. The quantitative estimate of drug-likeness (QED) is 0.189. The highest BCUT2D eigenvalue weighted by Crippen LogP contribution is 2.27. The zero-order valence-corrected chi connectivity index (χ0v) is 27.0. The van der Waals surface area contributed by atoms with Crippen molar-refractivity contribution in [3.8, 4) is 33.6 Å². The van der Waals surface area contributed by atoms with Crippen molar-refractivity contribution in [2.45, 2.75) is 27.7 Å². The molecule has 0 saturated carbocycles. The average Bonchev–Trinajstić information content (AvgIpc) is 3.02. The van der Waals surface area contributed by atoms with E-state index in [2.05, 4.69) is 88.3 Å². The molecule has 44 heavy (non-hydrogen) atoms. The Kier molecular flexibility index (Phi) is 11.8. The summed E-state index contributed by atoms with van der Waals surface area (Å²) in [5.41, 5.74) is 12.1. The maximum atomic E-state index is 8.83. The molecule has 0 amide bonds. The summed E-state index contributed by atoms with van der Waals surface area (Å²) in [5.74, 6) is 0. The number of pyridine rings is 2. The molecular formula is C38H36BBrN2O2. The van der Waals surface area contributed by atoms with Crippen LogP contribution in [0.5, 0.6) is 0 Å². The molecule has 0 atom stereocenters. The molecular weight excluding hydrogens is 607 g/mol. The first-order chi connectivity index (χ1) is 21.2.